The van der Waals surface area contributed by atoms with Crippen LogP contribution >= 0.6 is 0 Å². The standard InChI is InChI=1S/C17H13FO2/c1-10-4-3-5-11(2)16(10)17(19)15-9-12-8-13(18)6-7-14(12)20-15/h3-9H,1-2H3. The van der Waals surface area contributed by atoms with E-state index in [0.717, 1.165) is 11.1 Å². The number of benzene rings is 2. The topological polar surface area (TPSA) is 30.2 Å². The lowest BCUT2D eigenvalue weighted by Crippen LogP contribution is -2.04. The third-order valence-electron chi connectivity index (χ3n) is 3.41. The summed E-state index contributed by atoms with van der Waals surface area (Å²) in [6, 6.07) is 11.5. The minimum absolute atomic E-state index is 0.169. The molecule has 0 aliphatic carbocycles. The van der Waals surface area contributed by atoms with E-state index in [2.05, 4.69) is 0 Å². The van der Waals surface area contributed by atoms with E-state index < -0.39 is 0 Å². The molecule has 0 saturated heterocycles. The molecule has 2 nitrogen and oxygen atoms in total. The summed E-state index contributed by atoms with van der Waals surface area (Å²) in [5, 5.41) is 0.597. The second-order valence-electron chi connectivity index (χ2n) is 4.89. The minimum Gasteiger partial charge on any atom is -0.453 e. The molecule has 3 heteroatoms. The number of aryl methyl sites for hydroxylation is 2. The number of carbonyl (C=O) groups is 1. The molecule has 3 aromatic rings. The Balaban J connectivity index is 2.13. The van der Waals surface area contributed by atoms with E-state index in [0.29, 0.717) is 16.5 Å². The summed E-state index contributed by atoms with van der Waals surface area (Å²) < 4.78 is 18.7. The van der Waals surface area contributed by atoms with Gasteiger partial charge in [0.1, 0.15) is 11.4 Å². The largest absolute Gasteiger partial charge is 0.453 e. The molecular formula is C17H13FO2. The van der Waals surface area contributed by atoms with Gasteiger partial charge in [-0.25, -0.2) is 4.39 Å². The molecule has 0 N–H and O–H groups in total. The van der Waals surface area contributed by atoms with Crippen LogP contribution in [0.4, 0.5) is 4.39 Å². The van der Waals surface area contributed by atoms with Crippen molar-refractivity contribution in [1.29, 1.82) is 0 Å². The van der Waals surface area contributed by atoms with Crippen LogP contribution in [-0.2, 0) is 0 Å². The van der Waals surface area contributed by atoms with E-state index in [1.807, 2.05) is 32.0 Å². The van der Waals surface area contributed by atoms with E-state index in [9.17, 15) is 9.18 Å². The van der Waals surface area contributed by atoms with Gasteiger partial charge in [0, 0.05) is 10.9 Å². The SMILES string of the molecule is Cc1cccc(C)c1C(=O)c1cc2cc(F)ccc2o1. The second-order valence-corrected chi connectivity index (χ2v) is 4.89. The summed E-state index contributed by atoms with van der Waals surface area (Å²) in [4.78, 5) is 12.6. The minimum atomic E-state index is -0.343. The number of hydrogen-bond acceptors (Lipinski definition) is 2. The molecule has 0 atom stereocenters. The van der Waals surface area contributed by atoms with Gasteiger partial charge in [-0.1, -0.05) is 18.2 Å². The van der Waals surface area contributed by atoms with E-state index in [4.69, 9.17) is 4.42 Å². The Kier molecular flexibility index (Phi) is 2.90. The number of halogens is 1. The first kappa shape index (κ1) is 12.6. The van der Waals surface area contributed by atoms with Crippen LogP contribution < -0.4 is 0 Å². The molecule has 0 saturated carbocycles. The van der Waals surface area contributed by atoms with Gasteiger partial charge >= 0.3 is 0 Å². The zero-order valence-corrected chi connectivity index (χ0v) is 11.2. The molecule has 0 bridgehead atoms. The maximum Gasteiger partial charge on any atom is 0.228 e. The Labute approximate surface area is 115 Å². The lowest BCUT2D eigenvalue weighted by atomic mass is 9.98. The first-order valence-corrected chi connectivity index (χ1v) is 6.36. The van der Waals surface area contributed by atoms with Crippen molar-refractivity contribution in [1.82, 2.24) is 0 Å². The van der Waals surface area contributed by atoms with Crippen molar-refractivity contribution in [3.05, 3.63) is 70.7 Å². The zero-order valence-electron chi connectivity index (χ0n) is 11.2. The molecular weight excluding hydrogens is 255 g/mol. The third kappa shape index (κ3) is 2.01. The van der Waals surface area contributed by atoms with Gasteiger partial charge in [-0.05, 0) is 49.2 Å². The maximum atomic E-state index is 13.2. The molecule has 0 spiro atoms. The van der Waals surface area contributed by atoms with Crippen molar-refractivity contribution >= 4 is 16.8 Å². The number of ketones is 1. The van der Waals surface area contributed by atoms with E-state index in [1.165, 1.54) is 18.2 Å². The maximum absolute atomic E-state index is 13.2. The molecule has 1 aromatic heterocycles. The van der Waals surface area contributed by atoms with Gasteiger partial charge in [-0.2, -0.15) is 0 Å². The molecule has 0 unspecified atom stereocenters. The van der Waals surface area contributed by atoms with Crippen LogP contribution in [0.2, 0.25) is 0 Å². The first-order chi connectivity index (χ1) is 9.56. The van der Waals surface area contributed by atoms with Crippen LogP contribution in [-0.4, -0.2) is 5.78 Å². The lowest BCUT2D eigenvalue weighted by Gasteiger charge is -2.06. The van der Waals surface area contributed by atoms with Crippen molar-refractivity contribution in [3.63, 3.8) is 0 Å². The summed E-state index contributed by atoms with van der Waals surface area (Å²) >= 11 is 0. The summed E-state index contributed by atoms with van der Waals surface area (Å²) in [5.41, 5.74) is 2.97. The average molecular weight is 268 g/mol. The predicted octanol–water partition coefficient (Wildman–Crippen LogP) is 4.42. The molecule has 0 amide bonds. The van der Waals surface area contributed by atoms with E-state index in [-0.39, 0.29) is 17.4 Å². The average Bonchev–Trinajstić information content (AvgIpc) is 2.81. The van der Waals surface area contributed by atoms with Crippen molar-refractivity contribution in [3.8, 4) is 0 Å². The van der Waals surface area contributed by atoms with Crippen LogP contribution in [0.5, 0.6) is 0 Å². The van der Waals surface area contributed by atoms with Crippen molar-refractivity contribution in [2.75, 3.05) is 0 Å². The molecule has 3 rings (SSSR count). The molecule has 0 radical (unpaired) electrons. The predicted molar refractivity (Wildman–Crippen MR) is 75.5 cm³/mol. The fourth-order valence-corrected chi connectivity index (χ4v) is 2.42. The number of hydrogen-bond donors (Lipinski definition) is 0. The highest BCUT2D eigenvalue weighted by molar-refractivity contribution is 6.10. The van der Waals surface area contributed by atoms with Gasteiger partial charge in [0.05, 0.1) is 0 Å². The van der Waals surface area contributed by atoms with Gasteiger partial charge < -0.3 is 4.42 Å². The van der Waals surface area contributed by atoms with Crippen LogP contribution in [0, 0.1) is 19.7 Å². The third-order valence-corrected chi connectivity index (χ3v) is 3.41. The van der Waals surface area contributed by atoms with Gasteiger partial charge in [-0.15, -0.1) is 0 Å². The normalized spacial score (nSPS) is 10.9. The highest BCUT2D eigenvalue weighted by Gasteiger charge is 2.18. The Hall–Kier alpha value is -2.42. The quantitative estimate of drug-likeness (QED) is 0.644. The smallest absolute Gasteiger partial charge is 0.228 e. The van der Waals surface area contributed by atoms with Crippen molar-refractivity contribution in [2.45, 2.75) is 13.8 Å². The highest BCUT2D eigenvalue weighted by Crippen LogP contribution is 2.24. The number of furan rings is 1. The van der Waals surface area contributed by atoms with Gasteiger partial charge in [-0.3, -0.25) is 4.79 Å². The molecule has 2 aromatic carbocycles. The number of fused-ring (bicyclic) bond motifs is 1. The Morgan fingerprint density at radius 2 is 1.75 bits per heavy atom. The molecule has 20 heavy (non-hydrogen) atoms. The summed E-state index contributed by atoms with van der Waals surface area (Å²) in [5.74, 6) is -0.274. The fraction of sp³-hybridized carbons (Fsp3) is 0.118. The Morgan fingerprint density at radius 3 is 2.45 bits per heavy atom. The van der Waals surface area contributed by atoms with Crippen molar-refractivity contribution in [2.24, 2.45) is 0 Å². The van der Waals surface area contributed by atoms with Crippen LogP contribution in [0.25, 0.3) is 11.0 Å². The van der Waals surface area contributed by atoms with E-state index in [1.54, 1.807) is 6.07 Å². The van der Waals surface area contributed by atoms with Crippen molar-refractivity contribution < 1.29 is 13.6 Å². The fourth-order valence-electron chi connectivity index (χ4n) is 2.42. The molecule has 1 heterocycles. The van der Waals surface area contributed by atoms with Crippen LogP contribution in [0.3, 0.4) is 0 Å². The first-order valence-electron chi connectivity index (χ1n) is 6.36. The highest BCUT2D eigenvalue weighted by atomic mass is 19.1. The van der Waals surface area contributed by atoms with Gasteiger partial charge in [0.25, 0.3) is 0 Å². The van der Waals surface area contributed by atoms with Gasteiger partial charge in [0.2, 0.25) is 5.78 Å². The molecule has 0 aliphatic heterocycles. The lowest BCUT2D eigenvalue weighted by molar-refractivity contribution is 0.101. The Morgan fingerprint density at radius 1 is 1.05 bits per heavy atom. The number of carbonyl (C=O) groups excluding carboxylic acids is 1. The Bertz CT molecular complexity index is 795. The number of rotatable bonds is 2. The monoisotopic (exact) mass is 268 g/mol. The van der Waals surface area contributed by atoms with Crippen LogP contribution in [0.1, 0.15) is 27.2 Å². The summed E-state index contributed by atoms with van der Waals surface area (Å²) in [6.45, 7) is 3.78. The van der Waals surface area contributed by atoms with Gasteiger partial charge in [0.15, 0.2) is 5.76 Å². The summed E-state index contributed by atoms with van der Waals surface area (Å²) in [6.07, 6.45) is 0. The van der Waals surface area contributed by atoms with E-state index >= 15 is 0 Å². The van der Waals surface area contributed by atoms with Crippen LogP contribution in [0.15, 0.2) is 46.9 Å². The summed E-state index contributed by atoms with van der Waals surface area (Å²) in [7, 11) is 0. The second kappa shape index (κ2) is 4.60. The molecule has 100 valence electrons. The zero-order chi connectivity index (χ0) is 14.3. The molecule has 0 aliphatic rings. The molecule has 0 fully saturated rings.